The highest BCUT2D eigenvalue weighted by atomic mass is 32.2. The van der Waals surface area contributed by atoms with Crippen molar-refractivity contribution in [3.8, 4) is 5.88 Å². The minimum absolute atomic E-state index is 0.0859. The number of esters is 1. The smallest absolute Gasteiger partial charge is 0.340 e. The van der Waals surface area contributed by atoms with Crippen LogP contribution in [0.2, 0.25) is 0 Å². The predicted octanol–water partition coefficient (Wildman–Crippen LogP) is 3.84. The van der Waals surface area contributed by atoms with Crippen LogP contribution >= 0.6 is 0 Å². The van der Waals surface area contributed by atoms with Crippen LogP contribution in [-0.2, 0) is 24.8 Å². The van der Waals surface area contributed by atoms with E-state index < -0.39 is 21.0 Å². The van der Waals surface area contributed by atoms with Gasteiger partial charge >= 0.3 is 5.97 Å². The number of carbonyl (C=O) groups is 1. The first-order valence-corrected chi connectivity index (χ1v) is 15.7. The number of hydrogen-bond donors (Lipinski definition) is 2. The fourth-order valence-electron chi connectivity index (χ4n) is 5.49. The minimum Gasteiger partial charge on any atom is -0.474 e. The first-order valence-electron chi connectivity index (χ1n) is 13.6. The summed E-state index contributed by atoms with van der Waals surface area (Å²) >= 11 is 0. The maximum atomic E-state index is 12.5. The average Bonchev–Trinajstić information content (AvgIpc) is 2.85. The topological polar surface area (TPSA) is 156 Å². The number of nitrogens with one attached hydrogen (secondary N) is 1. The summed E-state index contributed by atoms with van der Waals surface area (Å²) < 4.78 is 40.4. The number of anilines is 2. The standard InChI is InChI=1S/C29H37N5O6S/c1-16-25-19(27(35)40-28(16,2)3)7-8-23(34-25)33-24-11-20-21(12-31-24)26(32-13-22(20)29(4,30)15-38-5)39-18-9-17(10-18)14-41(6,36)37/h7-8,11-13,16-18H,9-10,14-15,30H2,1-6H3,(H,31,33,34)/t16-,17-,18-,29?/m1/s1. The van der Waals surface area contributed by atoms with Crippen molar-refractivity contribution >= 4 is 38.2 Å². The van der Waals surface area contributed by atoms with Gasteiger partial charge in [-0.05, 0) is 63.1 Å². The van der Waals surface area contributed by atoms with E-state index in [1.165, 1.54) is 6.26 Å². The Labute approximate surface area is 240 Å². The molecule has 4 heterocycles. The summed E-state index contributed by atoms with van der Waals surface area (Å²) in [6.07, 6.45) is 5.80. The largest absolute Gasteiger partial charge is 0.474 e. The van der Waals surface area contributed by atoms with Crippen molar-refractivity contribution in [2.24, 2.45) is 11.7 Å². The van der Waals surface area contributed by atoms with Gasteiger partial charge in [0.05, 0.1) is 34.5 Å². The highest BCUT2D eigenvalue weighted by Gasteiger charge is 2.40. The zero-order chi connectivity index (χ0) is 29.7. The Morgan fingerprint density at radius 2 is 1.90 bits per heavy atom. The van der Waals surface area contributed by atoms with Gasteiger partial charge in [0, 0.05) is 37.2 Å². The van der Waals surface area contributed by atoms with Gasteiger partial charge in [-0.2, -0.15) is 0 Å². The molecule has 41 heavy (non-hydrogen) atoms. The molecule has 3 aromatic rings. The number of fused-ring (bicyclic) bond motifs is 2. The molecule has 1 saturated carbocycles. The average molecular weight is 584 g/mol. The number of carbonyl (C=O) groups excluding carboxylic acids is 1. The van der Waals surface area contributed by atoms with Crippen molar-refractivity contribution in [3.63, 3.8) is 0 Å². The second-order valence-electron chi connectivity index (χ2n) is 12.1. The number of aromatic nitrogens is 3. The summed E-state index contributed by atoms with van der Waals surface area (Å²) in [5.41, 5.74) is 7.01. The van der Waals surface area contributed by atoms with Crippen molar-refractivity contribution in [2.75, 3.05) is 31.0 Å². The predicted molar refractivity (Wildman–Crippen MR) is 155 cm³/mol. The van der Waals surface area contributed by atoms with Crippen molar-refractivity contribution in [3.05, 3.63) is 47.4 Å². The summed E-state index contributed by atoms with van der Waals surface area (Å²) in [5, 5.41) is 4.74. The van der Waals surface area contributed by atoms with E-state index in [0.717, 1.165) is 10.9 Å². The lowest BCUT2D eigenvalue weighted by molar-refractivity contribution is -0.0189. The molecule has 5 rings (SSSR count). The lowest BCUT2D eigenvalue weighted by Crippen LogP contribution is -2.39. The van der Waals surface area contributed by atoms with Gasteiger partial charge in [-0.1, -0.05) is 6.92 Å². The van der Waals surface area contributed by atoms with Crippen LogP contribution in [-0.4, -0.2) is 66.8 Å². The van der Waals surface area contributed by atoms with E-state index in [1.807, 2.05) is 33.8 Å². The van der Waals surface area contributed by atoms with Gasteiger partial charge in [-0.15, -0.1) is 0 Å². The fraction of sp³-hybridized carbons (Fsp3) is 0.517. The second-order valence-corrected chi connectivity index (χ2v) is 14.3. The fourth-order valence-corrected chi connectivity index (χ4v) is 6.62. The summed E-state index contributed by atoms with van der Waals surface area (Å²) in [5.74, 6) is 1.24. The lowest BCUT2D eigenvalue weighted by Gasteiger charge is -2.36. The molecule has 0 amide bonds. The van der Waals surface area contributed by atoms with E-state index in [0.29, 0.717) is 47.0 Å². The molecule has 3 aromatic heterocycles. The second kappa shape index (κ2) is 10.5. The van der Waals surface area contributed by atoms with Gasteiger partial charge in [0.2, 0.25) is 5.88 Å². The summed E-state index contributed by atoms with van der Waals surface area (Å²) in [6, 6.07) is 5.31. The maximum absolute atomic E-state index is 12.5. The SMILES string of the molecule is COCC(C)(N)c1cnc(O[C@H]2C[C@H](CS(C)(=O)=O)C2)c2cnc(Nc3ccc4c(n3)[C@@H](C)C(C)(C)OC4=O)cc12. The number of cyclic esters (lactones) is 1. The Balaban J connectivity index is 1.46. The molecule has 0 bridgehead atoms. The van der Waals surface area contributed by atoms with Crippen molar-refractivity contribution in [2.45, 2.75) is 63.7 Å². The zero-order valence-electron chi connectivity index (χ0n) is 24.2. The molecule has 0 aromatic carbocycles. The summed E-state index contributed by atoms with van der Waals surface area (Å²) in [6.45, 7) is 7.87. The molecule has 2 aliphatic rings. The Morgan fingerprint density at radius 1 is 1.17 bits per heavy atom. The number of nitrogens with zero attached hydrogens (tertiary/aromatic N) is 3. The van der Waals surface area contributed by atoms with E-state index in [-0.39, 0.29) is 36.3 Å². The molecule has 2 atom stereocenters. The molecule has 0 radical (unpaired) electrons. The lowest BCUT2D eigenvalue weighted by atomic mass is 9.84. The van der Waals surface area contributed by atoms with Crippen LogP contribution in [0.4, 0.5) is 11.6 Å². The number of sulfone groups is 1. The third kappa shape index (κ3) is 6.00. The van der Waals surface area contributed by atoms with Crippen LogP contribution in [0.3, 0.4) is 0 Å². The molecule has 12 heteroatoms. The quantitative estimate of drug-likeness (QED) is 0.353. The molecular weight excluding hydrogens is 546 g/mol. The molecule has 11 nitrogen and oxygen atoms in total. The Bertz CT molecular complexity index is 1600. The molecule has 1 fully saturated rings. The highest BCUT2D eigenvalue weighted by Crippen LogP contribution is 2.39. The monoisotopic (exact) mass is 583 g/mol. The van der Waals surface area contributed by atoms with Gasteiger partial charge in [0.15, 0.2) is 0 Å². The first-order chi connectivity index (χ1) is 19.2. The number of methoxy groups -OCH3 is 1. The van der Waals surface area contributed by atoms with Crippen LogP contribution in [0.15, 0.2) is 30.6 Å². The summed E-state index contributed by atoms with van der Waals surface area (Å²) in [4.78, 5) is 26.4. The molecule has 0 saturated heterocycles. The number of hydrogen-bond acceptors (Lipinski definition) is 11. The van der Waals surface area contributed by atoms with Gasteiger partial charge in [-0.25, -0.2) is 28.2 Å². The molecule has 3 N–H and O–H groups in total. The molecule has 220 valence electrons. The number of nitrogens with two attached hydrogens (primary N) is 1. The van der Waals surface area contributed by atoms with Crippen LogP contribution in [0.5, 0.6) is 5.88 Å². The molecule has 1 aliphatic carbocycles. The minimum atomic E-state index is -3.03. The van der Waals surface area contributed by atoms with Gasteiger partial charge in [0.25, 0.3) is 0 Å². The number of ether oxygens (including phenoxy) is 3. The van der Waals surface area contributed by atoms with Crippen molar-refractivity contribution in [1.82, 2.24) is 15.0 Å². The van der Waals surface area contributed by atoms with Crippen LogP contribution < -0.4 is 15.8 Å². The number of pyridine rings is 3. The summed E-state index contributed by atoms with van der Waals surface area (Å²) in [7, 11) is -1.44. The first kappa shape index (κ1) is 29.2. The van der Waals surface area contributed by atoms with E-state index in [2.05, 4.69) is 15.3 Å². The van der Waals surface area contributed by atoms with Gasteiger partial charge in [0.1, 0.15) is 33.2 Å². The van der Waals surface area contributed by atoms with E-state index in [1.54, 1.807) is 31.6 Å². The Hall–Kier alpha value is -3.35. The molecule has 1 unspecified atom stereocenters. The highest BCUT2D eigenvalue weighted by molar-refractivity contribution is 7.90. The van der Waals surface area contributed by atoms with E-state index in [4.69, 9.17) is 24.9 Å². The van der Waals surface area contributed by atoms with Crippen LogP contribution in [0, 0.1) is 5.92 Å². The number of rotatable bonds is 9. The molecular formula is C29H37N5O6S. The Kier molecular flexibility index (Phi) is 7.46. The van der Waals surface area contributed by atoms with Crippen molar-refractivity contribution < 1.29 is 27.4 Å². The third-order valence-electron chi connectivity index (χ3n) is 8.01. The third-order valence-corrected chi connectivity index (χ3v) is 9.09. The normalized spacial score (nSPS) is 23.2. The van der Waals surface area contributed by atoms with E-state index >= 15 is 0 Å². The van der Waals surface area contributed by atoms with Crippen LogP contribution in [0.25, 0.3) is 10.8 Å². The van der Waals surface area contributed by atoms with Gasteiger partial charge in [-0.3, -0.25) is 0 Å². The van der Waals surface area contributed by atoms with E-state index in [9.17, 15) is 13.2 Å². The van der Waals surface area contributed by atoms with Gasteiger partial charge < -0.3 is 25.3 Å². The zero-order valence-corrected chi connectivity index (χ0v) is 25.0. The molecule has 0 spiro atoms. The maximum Gasteiger partial charge on any atom is 0.340 e. The van der Waals surface area contributed by atoms with Crippen LogP contribution in [0.1, 0.15) is 68.1 Å². The Morgan fingerprint density at radius 3 is 2.59 bits per heavy atom. The van der Waals surface area contributed by atoms with Crippen molar-refractivity contribution in [1.29, 1.82) is 0 Å². The molecule has 1 aliphatic heterocycles.